The lowest BCUT2D eigenvalue weighted by molar-refractivity contribution is -0.133. The minimum absolute atomic E-state index is 0.133. The van der Waals surface area contributed by atoms with E-state index in [1.165, 1.54) is 6.42 Å². The summed E-state index contributed by atoms with van der Waals surface area (Å²) in [6.07, 6.45) is 5.58. The summed E-state index contributed by atoms with van der Waals surface area (Å²) in [5.74, 6) is 0.0118. The summed E-state index contributed by atoms with van der Waals surface area (Å²) in [4.78, 5) is 23.3. The molecule has 0 spiro atoms. The van der Waals surface area contributed by atoms with Crippen LogP contribution >= 0.6 is 0 Å². The number of aryl methyl sites for hydroxylation is 1. The molecule has 1 aliphatic rings. The third-order valence-electron chi connectivity index (χ3n) is 3.59. The van der Waals surface area contributed by atoms with Gasteiger partial charge in [0.1, 0.15) is 12.3 Å². The number of urea groups is 1. The van der Waals surface area contributed by atoms with E-state index in [0.29, 0.717) is 5.75 Å². The van der Waals surface area contributed by atoms with Crippen LogP contribution in [0.5, 0.6) is 5.75 Å². The molecule has 0 radical (unpaired) electrons. The minimum Gasteiger partial charge on any atom is -0.425 e. The first-order valence-corrected chi connectivity index (χ1v) is 7.45. The zero-order valence-corrected chi connectivity index (χ0v) is 12.4. The Morgan fingerprint density at radius 3 is 2.48 bits per heavy atom. The van der Waals surface area contributed by atoms with Crippen LogP contribution in [-0.4, -0.2) is 24.6 Å². The maximum atomic E-state index is 11.7. The normalized spacial score (nSPS) is 15.3. The predicted molar refractivity (Wildman–Crippen MR) is 80.2 cm³/mol. The predicted octanol–water partition coefficient (Wildman–Crippen LogP) is 2.53. The van der Waals surface area contributed by atoms with E-state index in [1.807, 2.05) is 19.1 Å². The summed E-state index contributed by atoms with van der Waals surface area (Å²) >= 11 is 0. The number of hydrogen-bond acceptors (Lipinski definition) is 3. The molecule has 0 heterocycles. The number of nitrogens with one attached hydrogen (secondary N) is 2. The van der Waals surface area contributed by atoms with Gasteiger partial charge in [0, 0.05) is 6.04 Å². The highest BCUT2D eigenvalue weighted by Crippen LogP contribution is 2.17. The van der Waals surface area contributed by atoms with Gasteiger partial charge in [0.05, 0.1) is 0 Å². The molecule has 0 unspecified atom stereocenters. The second-order valence-corrected chi connectivity index (χ2v) is 5.45. The highest BCUT2D eigenvalue weighted by atomic mass is 16.5. The molecule has 0 saturated heterocycles. The Bertz CT molecular complexity index is 479. The van der Waals surface area contributed by atoms with Gasteiger partial charge < -0.3 is 15.4 Å². The van der Waals surface area contributed by atoms with Gasteiger partial charge in [-0.2, -0.15) is 0 Å². The Balaban J connectivity index is 1.68. The summed E-state index contributed by atoms with van der Waals surface area (Å²) in [5.41, 5.74) is 1.10. The number of amides is 2. The molecule has 1 saturated carbocycles. The third-order valence-corrected chi connectivity index (χ3v) is 3.59. The number of esters is 1. The van der Waals surface area contributed by atoms with E-state index in [1.54, 1.807) is 12.1 Å². The van der Waals surface area contributed by atoms with Gasteiger partial charge in [-0.25, -0.2) is 9.59 Å². The molecule has 0 bridgehead atoms. The van der Waals surface area contributed by atoms with E-state index >= 15 is 0 Å². The smallest absolute Gasteiger partial charge is 0.330 e. The first-order chi connectivity index (χ1) is 10.1. The monoisotopic (exact) mass is 290 g/mol. The van der Waals surface area contributed by atoms with Crippen molar-refractivity contribution < 1.29 is 14.3 Å². The van der Waals surface area contributed by atoms with Gasteiger partial charge >= 0.3 is 12.0 Å². The van der Waals surface area contributed by atoms with E-state index in [0.717, 1.165) is 31.2 Å². The van der Waals surface area contributed by atoms with Crippen LogP contribution in [0.2, 0.25) is 0 Å². The van der Waals surface area contributed by atoms with E-state index in [4.69, 9.17) is 4.74 Å². The van der Waals surface area contributed by atoms with Crippen LogP contribution in [0.1, 0.15) is 37.7 Å². The number of ether oxygens (including phenoxy) is 1. The molecule has 0 atom stereocenters. The van der Waals surface area contributed by atoms with Crippen LogP contribution in [0.25, 0.3) is 0 Å². The van der Waals surface area contributed by atoms with Crippen LogP contribution < -0.4 is 15.4 Å². The van der Waals surface area contributed by atoms with Gasteiger partial charge in [-0.3, -0.25) is 0 Å². The minimum atomic E-state index is -0.474. The second kappa shape index (κ2) is 7.67. The lowest BCUT2D eigenvalue weighted by atomic mass is 9.96. The summed E-state index contributed by atoms with van der Waals surface area (Å²) in [7, 11) is 0. The van der Waals surface area contributed by atoms with Gasteiger partial charge in [-0.1, -0.05) is 37.0 Å². The van der Waals surface area contributed by atoms with E-state index in [2.05, 4.69) is 10.6 Å². The number of hydrogen-bond donors (Lipinski definition) is 2. The molecule has 2 N–H and O–H groups in total. The maximum absolute atomic E-state index is 11.7. The van der Waals surface area contributed by atoms with Crippen LogP contribution in [0.15, 0.2) is 24.3 Å². The number of carbonyl (C=O) groups is 2. The Labute approximate surface area is 125 Å². The van der Waals surface area contributed by atoms with Crippen molar-refractivity contribution in [1.29, 1.82) is 0 Å². The lowest BCUT2D eigenvalue weighted by Crippen LogP contribution is -2.45. The van der Waals surface area contributed by atoms with Crippen molar-refractivity contribution in [3.05, 3.63) is 29.8 Å². The van der Waals surface area contributed by atoms with Crippen molar-refractivity contribution in [3.63, 3.8) is 0 Å². The fraction of sp³-hybridized carbons (Fsp3) is 0.500. The molecule has 0 aliphatic heterocycles. The molecular weight excluding hydrogens is 268 g/mol. The molecule has 1 aliphatic carbocycles. The quantitative estimate of drug-likeness (QED) is 0.661. The first-order valence-electron chi connectivity index (χ1n) is 7.45. The van der Waals surface area contributed by atoms with E-state index < -0.39 is 5.97 Å². The fourth-order valence-electron chi connectivity index (χ4n) is 2.41. The van der Waals surface area contributed by atoms with Crippen molar-refractivity contribution in [3.8, 4) is 5.75 Å². The Morgan fingerprint density at radius 2 is 1.81 bits per heavy atom. The highest BCUT2D eigenvalue weighted by Gasteiger charge is 2.16. The Morgan fingerprint density at radius 1 is 1.14 bits per heavy atom. The molecule has 114 valence electrons. The van der Waals surface area contributed by atoms with Gasteiger partial charge in [-0.05, 0) is 31.9 Å². The zero-order valence-electron chi connectivity index (χ0n) is 12.4. The van der Waals surface area contributed by atoms with Crippen LogP contribution in [0.4, 0.5) is 4.79 Å². The van der Waals surface area contributed by atoms with Crippen LogP contribution in [-0.2, 0) is 4.79 Å². The average molecular weight is 290 g/mol. The van der Waals surface area contributed by atoms with Crippen molar-refractivity contribution >= 4 is 12.0 Å². The Hall–Kier alpha value is -2.04. The SMILES string of the molecule is Cc1ccc(OC(=O)CNC(=O)NC2CCCCC2)cc1. The van der Waals surface area contributed by atoms with Crippen LogP contribution in [0, 0.1) is 6.92 Å². The molecule has 1 aromatic carbocycles. The van der Waals surface area contributed by atoms with Crippen LogP contribution in [0.3, 0.4) is 0 Å². The van der Waals surface area contributed by atoms with Crippen molar-refractivity contribution in [2.75, 3.05) is 6.54 Å². The molecule has 1 aromatic rings. The Kier molecular flexibility index (Phi) is 5.60. The molecule has 2 amide bonds. The summed E-state index contributed by atoms with van der Waals surface area (Å²) < 4.78 is 5.13. The largest absolute Gasteiger partial charge is 0.425 e. The van der Waals surface area contributed by atoms with Gasteiger partial charge in [0.25, 0.3) is 0 Å². The van der Waals surface area contributed by atoms with Gasteiger partial charge in [0.2, 0.25) is 0 Å². The topological polar surface area (TPSA) is 67.4 Å². The first kappa shape index (κ1) is 15.4. The third kappa shape index (κ3) is 5.45. The van der Waals surface area contributed by atoms with E-state index in [9.17, 15) is 9.59 Å². The highest BCUT2D eigenvalue weighted by molar-refractivity contribution is 5.82. The number of carbonyl (C=O) groups excluding carboxylic acids is 2. The number of benzene rings is 1. The lowest BCUT2D eigenvalue weighted by Gasteiger charge is -2.22. The molecule has 1 fully saturated rings. The summed E-state index contributed by atoms with van der Waals surface area (Å²) in [6, 6.07) is 7.12. The summed E-state index contributed by atoms with van der Waals surface area (Å²) in [6.45, 7) is 1.83. The second-order valence-electron chi connectivity index (χ2n) is 5.45. The molecular formula is C16H22N2O3. The van der Waals surface area contributed by atoms with Gasteiger partial charge in [0.15, 0.2) is 0 Å². The standard InChI is InChI=1S/C16H22N2O3/c1-12-7-9-14(10-8-12)21-15(19)11-17-16(20)18-13-5-3-2-4-6-13/h7-10,13H,2-6,11H2,1H3,(H2,17,18,20). The molecule has 2 rings (SSSR count). The van der Waals surface area contributed by atoms with E-state index in [-0.39, 0.29) is 18.6 Å². The van der Waals surface area contributed by atoms with Crippen molar-refractivity contribution in [2.45, 2.75) is 45.1 Å². The van der Waals surface area contributed by atoms with Crippen molar-refractivity contribution in [1.82, 2.24) is 10.6 Å². The molecule has 5 heteroatoms. The fourth-order valence-corrected chi connectivity index (χ4v) is 2.41. The average Bonchev–Trinajstić information content (AvgIpc) is 2.49. The molecule has 0 aromatic heterocycles. The zero-order chi connectivity index (χ0) is 15.1. The van der Waals surface area contributed by atoms with Gasteiger partial charge in [-0.15, -0.1) is 0 Å². The number of rotatable bonds is 4. The van der Waals surface area contributed by atoms with Crippen molar-refractivity contribution in [2.24, 2.45) is 0 Å². The molecule has 21 heavy (non-hydrogen) atoms. The maximum Gasteiger partial charge on any atom is 0.330 e. The summed E-state index contributed by atoms with van der Waals surface area (Å²) in [5, 5.41) is 5.42. The molecule has 5 nitrogen and oxygen atoms in total.